The van der Waals surface area contributed by atoms with Gasteiger partial charge in [0, 0.05) is 19.5 Å². The second kappa shape index (κ2) is 6.74. The van der Waals surface area contributed by atoms with E-state index >= 15 is 0 Å². The van der Waals surface area contributed by atoms with Gasteiger partial charge in [-0.25, -0.2) is 0 Å². The Morgan fingerprint density at radius 2 is 1.89 bits per heavy atom. The Balaban J connectivity index is 1.84. The number of piperidine rings is 1. The Morgan fingerprint density at radius 3 is 2.47 bits per heavy atom. The molecule has 1 fully saturated rings. The van der Waals surface area contributed by atoms with Crippen molar-refractivity contribution < 1.29 is 4.79 Å². The quantitative estimate of drug-likeness (QED) is 0.804. The van der Waals surface area contributed by atoms with Crippen LogP contribution in [0.1, 0.15) is 51.0 Å². The highest BCUT2D eigenvalue weighted by Gasteiger charge is 2.24. The second-order valence-electron chi connectivity index (χ2n) is 5.78. The fraction of sp³-hybridized carbons (Fsp3) is 0.588. The zero-order chi connectivity index (χ0) is 13.7. The number of hydrogen-bond acceptors (Lipinski definition) is 1. The molecule has 1 heterocycles. The van der Waals surface area contributed by atoms with Gasteiger partial charge in [0.2, 0.25) is 5.91 Å². The van der Waals surface area contributed by atoms with Gasteiger partial charge in [0.25, 0.3) is 0 Å². The van der Waals surface area contributed by atoms with Crippen molar-refractivity contribution in [2.75, 3.05) is 13.1 Å². The smallest absolute Gasteiger partial charge is 0.222 e. The highest BCUT2D eigenvalue weighted by Crippen LogP contribution is 2.28. The van der Waals surface area contributed by atoms with Crippen LogP contribution in [-0.2, 0) is 4.79 Å². The monoisotopic (exact) mass is 259 g/mol. The largest absolute Gasteiger partial charge is 0.343 e. The highest BCUT2D eigenvalue weighted by molar-refractivity contribution is 5.76. The average Bonchev–Trinajstić information content (AvgIpc) is 2.48. The maximum absolute atomic E-state index is 12.1. The van der Waals surface area contributed by atoms with Crippen molar-refractivity contribution in [2.45, 2.75) is 45.4 Å². The van der Waals surface area contributed by atoms with Gasteiger partial charge < -0.3 is 4.90 Å². The number of benzene rings is 1. The number of carbonyl (C=O) groups is 1. The Bertz CT molecular complexity index is 393. The van der Waals surface area contributed by atoms with E-state index in [0.717, 1.165) is 32.4 Å². The van der Waals surface area contributed by atoms with Gasteiger partial charge in [0.05, 0.1) is 0 Å². The Hall–Kier alpha value is -1.31. The molecule has 0 spiro atoms. The lowest BCUT2D eigenvalue weighted by Crippen LogP contribution is -2.38. The van der Waals surface area contributed by atoms with Gasteiger partial charge in [-0.3, -0.25) is 4.79 Å². The van der Waals surface area contributed by atoms with E-state index in [1.165, 1.54) is 5.56 Å². The molecule has 0 saturated carbocycles. The molecule has 2 heteroatoms. The maximum atomic E-state index is 12.1. The van der Waals surface area contributed by atoms with Crippen LogP contribution >= 0.6 is 0 Å². The minimum Gasteiger partial charge on any atom is -0.343 e. The summed E-state index contributed by atoms with van der Waals surface area (Å²) in [4.78, 5) is 14.2. The number of carbonyl (C=O) groups excluding carboxylic acids is 1. The first-order valence-electron chi connectivity index (χ1n) is 7.53. The van der Waals surface area contributed by atoms with Gasteiger partial charge in [0.1, 0.15) is 0 Å². The lowest BCUT2D eigenvalue weighted by molar-refractivity contribution is -0.133. The van der Waals surface area contributed by atoms with Crippen molar-refractivity contribution in [1.29, 1.82) is 0 Å². The normalized spacial score (nSPS) is 18.3. The summed E-state index contributed by atoms with van der Waals surface area (Å²) < 4.78 is 0. The molecule has 1 aromatic rings. The molecular formula is C17H25NO. The van der Waals surface area contributed by atoms with Crippen LogP contribution in [0.25, 0.3) is 0 Å². The SMILES string of the molecule is CCC(C)CC(=O)N1CCC(c2ccccc2)CC1. The fourth-order valence-corrected chi connectivity index (χ4v) is 2.76. The summed E-state index contributed by atoms with van der Waals surface area (Å²) in [5.41, 5.74) is 1.43. The minimum absolute atomic E-state index is 0.348. The molecule has 19 heavy (non-hydrogen) atoms. The summed E-state index contributed by atoms with van der Waals surface area (Å²) >= 11 is 0. The van der Waals surface area contributed by atoms with Crippen molar-refractivity contribution in [3.63, 3.8) is 0 Å². The summed E-state index contributed by atoms with van der Waals surface area (Å²) in [6.07, 6.45) is 4.02. The Morgan fingerprint density at radius 1 is 1.26 bits per heavy atom. The number of likely N-dealkylation sites (tertiary alicyclic amines) is 1. The molecule has 0 aliphatic carbocycles. The van der Waals surface area contributed by atoms with Crippen LogP contribution in [0.15, 0.2) is 30.3 Å². The van der Waals surface area contributed by atoms with E-state index in [1.807, 2.05) is 0 Å². The molecule has 1 aromatic carbocycles. The molecular weight excluding hydrogens is 234 g/mol. The lowest BCUT2D eigenvalue weighted by Gasteiger charge is -2.33. The van der Waals surface area contributed by atoms with E-state index in [0.29, 0.717) is 24.2 Å². The third-order valence-corrected chi connectivity index (χ3v) is 4.34. The van der Waals surface area contributed by atoms with E-state index in [-0.39, 0.29) is 0 Å². The van der Waals surface area contributed by atoms with Crippen LogP contribution in [0.5, 0.6) is 0 Å². The van der Waals surface area contributed by atoms with Crippen LogP contribution in [0.3, 0.4) is 0 Å². The van der Waals surface area contributed by atoms with Gasteiger partial charge in [-0.2, -0.15) is 0 Å². The highest BCUT2D eigenvalue weighted by atomic mass is 16.2. The first-order chi connectivity index (χ1) is 9.20. The molecule has 1 aliphatic heterocycles. The molecule has 1 atom stereocenters. The molecule has 1 aliphatic rings. The topological polar surface area (TPSA) is 20.3 Å². The van der Waals surface area contributed by atoms with Crippen LogP contribution in [-0.4, -0.2) is 23.9 Å². The molecule has 0 aromatic heterocycles. The van der Waals surface area contributed by atoms with Crippen molar-refractivity contribution >= 4 is 5.91 Å². The standard InChI is InChI=1S/C17H25NO/c1-3-14(2)13-17(19)18-11-9-16(10-12-18)15-7-5-4-6-8-15/h4-8,14,16H,3,9-13H2,1-2H3. The van der Waals surface area contributed by atoms with Crippen molar-refractivity contribution in [3.05, 3.63) is 35.9 Å². The van der Waals surface area contributed by atoms with E-state index in [4.69, 9.17) is 0 Å². The van der Waals surface area contributed by atoms with E-state index in [2.05, 4.69) is 49.1 Å². The lowest BCUT2D eigenvalue weighted by atomic mass is 9.89. The average molecular weight is 259 g/mol. The molecule has 1 unspecified atom stereocenters. The van der Waals surface area contributed by atoms with Gasteiger partial charge in [-0.05, 0) is 30.2 Å². The first-order valence-corrected chi connectivity index (χ1v) is 7.53. The van der Waals surface area contributed by atoms with Crippen LogP contribution in [0.2, 0.25) is 0 Å². The van der Waals surface area contributed by atoms with Gasteiger partial charge in [-0.1, -0.05) is 50.6 Å². The summed E-state index contributed by atoms with van der Waals surface area (Å²) in [5.74, 6) is 1.49. The Kier molecular flexibility index (Phi) is 5.00. The molecule has 0 bridgehead atoms. The molecule has 0 radical (unpaired) electrons. The third-order valence-electron chi connectivity index (χ3n) is 4.34. The summed E-state index contributed by atoms with van der Waals surface area (Å²) in [5, 5.41) is 0. The second-order valence-corrected chi connectivity index (χ2v) is 5.78. The van der Waals surface area contributed by atoms with Crippen LogP contribution in [0, 0.1) is 5.92 Å². The van der Waals surface area contributed by atoms with Crippen LogP contribution in [0.4, 0.5) is 0 Å². The maximum Gasteiger partial charge on any atom is 0.222 e. The fourth-order valence-electron chi connectivity index (χ4n) is 2.76. The van der Waals surface area contributed by atoms with Gasteiger partial charge in [-0.15, -0.1) is 0 Å². The number of amides is 1. The molecule has 104 valence electrons. The number of hydrogen-bond donors (Lipinski definition) is 0. The number of rotatable bonds is 4. The molecule has 1 amide bonds. The van der Waals surface area contributed by atoms with E-state index in [9.17, 15) is 4.79 Å². The van der Waals surface area contributed by atoms with E-state index in [1.54, 1.807) is 0 Å². The van der Waals surface area contributed by atoms with Gasteiger partial charge in [0.15, 0.2) is 0 Å². The summed E-state index contributed by atoms with van der Waals surface area (Å²) in [6, 6.07) is 10.7. The predicted molar refractivity (Wildman–Crippen MR) is 79.1 cm³/mol. The first kappa shape index (κ1) is 14.1. The minimum atomic E-state index is 0.348. The zero-order valence-corrected chi connectivity index (χ0v) is 12.1. The summed E-state index contributed by atoms with van der Waals surface area (Å²) in [7, 11) is 0. The molecule has 1 saturated heterocycles. The van der Waals surface area contributed by atoms with Crippen LogP contribution < -0.4 is 0 Å². The summed E-state index contributed by atoms with van der Waals surface area (Å²) in [6.45, 7) is 6.16. The predicted octanol–water partition coefficient (Wildman–Crippen LogP) is 3.83. The zero-order valence-electron chi connectivity index (χ0n) is 12.1. The molecule has 2 rings (SSSR count). The van der Waals surface area contributed by atoms with Crippen molar-refractivity contribution in [2.24, 2.45) is 5.92 Å². The number of nitrogens with zero attached hydrogens (tertiary/aromatic N) is 1. The molecule has 0 N–H and O–H groups in total. The third kappa shape index (κ3) is 3.82. The van der Waals surface area contributed by atoms with E-state index < -0.39 is 0 Å². The Labute approximate surface area is 116 Å². The van der Waals surface area contributed by atoms with Gasteiger partial charge >= 0.3 is 0 Å². The van der Waals surface area contributed by atoms with Crippen molar-refractivity contribution in [3.8, 4) is 0 Å². The molecule has 2 nitrogen and oxygen atoms in total. The van der Waals surface area contributed by atoms with Crippen molar-refractivity contribution in [1.82, 2.24) is 4.90 Å².